The highest BCUT2D eigenvalue weighted by Crippen LogP contribution is 2.17. The lowest BCUT2D eigenvalue weighted by Crippen LogP contribution is -2.29. The van der Waals surface area contributed by atoms with Crippen molar-refractivity contribution in [1.82, 2.24) is 5.32 Å². The summed E-state index contributed by atoms with van der Waals surface area (Å²) >= 11 is 1.21. The fourth-order valence-electron chi connectivity index (χ4n) is 1.88. The Labute approximate surface area is 117 Å². The van der Waals surface area contributed by atoms with Crippen molar-refractivity contribution in [2.45, 2.75) is 46.1 Å². The number of hydrogen-bond donors (Lipinski definition) is 2. The monoisotopic (exact) mass is 283 g/mol. The molecule has 0 aliphatic rings. The summed E-state index contributed by atoms with van der Waals surface area (Å²) in [5, 5.41) is 11.7. The molecule has 19 heavy (non-hydrogen) atoms. The van der Waals surface area contributed by atoms with Crippen molar-refractivity contribution in [2.75, 3.05) is 0 Å². The normalized spacial score (nSPS) is 12.1. The molecule has 106 valence electrons. The predicted molar refractivity (Wildman–Crippen MR) is 76.4 cm³/mol. The standard InChI is InChI=1S/C14H21NO3S/c1-3-5-6-10(4-2)13(16)15-9-11-7-8-12(19-11)14(17)18/h7-8,10H,3-6,9H2,1-2H3,(H,15,16)(H,17,18). The second-order valence-corrected chi connectivity index (χ2v) is 5.70. The average Bonchev–Trinajstić information content (AvgIpc) is 2.86. The van der Waals surface area contributed by atoms with E-state index in [2.05, 4.69) is 12.2 Å². The predicted octanol–water partition coefficient (Wildman–Crippen LogP) is 3.28. The van der Waals surface area contributed by atoms with Gasteiger partial charge in [0.1, 0.15) is 4.88 Å². The van der Waals surface area contributed by atoms with Crippen LogP contribution >= 0.6 is 11.3 Å². The van der Waals surface area contributed by atoms with Crippen LogP contribution in [0.25, 0.3) is 0 Å². The Morgan fingerprint density at radius 3 is 2.63 bits per heavy atom. The van der Waals surface area contributed by atoms with Crippen LogP contribution in [0.15, 0.2) is 12.1 Å². The Bertz CT molecular complexity index is 428. The molecule has 0 saturated heterocycles. The minimum Gasteiger partial charge on any atom is -0.477 e. The molecule has 0 aromatic carbocycles. The fraction of sp³-hybridized carbons (Fsp3) is 0.571. The Morgan fingerprint density at radius 2 is 2.11 bits per heavy atom. The van der Waals surface area contributed by atoms with E-state index in [1.807, 2.05) is 6.92 Å². The van der Waals surface area contributed by atoms with Crippen LogP contribution in [0.1, 0.15) is 54.1 Å². The van der Waals surface area contributed by atoms with Crippen molar-refractivity contribution in [2.24, 2.45) is 5.92 Å². The van der Waals surface area contributed by atoms with Crippen molar-refractivity contribution in [1.29, 1.82) is 0 Å². The van der Waals surface area contributed by atoms with Crippen LogP contribution < -0.4 is 5.32 Å². The van der Waals surface area contributed by atoms with E-state index in [-0.39, 0.29) is 11.8 Å². The number of rotatable bonds is 8. The quantitative estimate of drug-likeness (QED) is 0.769. The Hall–Kier alpha value is -1.36. The minimum atomic E-state index is -0.919. The van der Waals surface area contributed by atoms with Gasteiger partial charge in [-0.1, -0.05) is 26.7 Å². The van der Waals surface area contributed by atoms with E-state index < -0.39 is 5.97 Å². The zero-order chi connectivity index (χ0) is 14.3. The zero-order valence-electron chi connectivity index (χ0n) is 11.4. The molecular formula is C14H21NO3S. The molecule has 0 spiro atoms. The minimum absolute atomic E-state index is 0.0684. The zero-order valence-corrected chi connectivity index (χ0v) is 12.3. The van der Waals surface area contributed by atoms with Crippen LogP contribution in [-0.4, -0.2) is 17.0 Å². The number of amides is 1. The van der Waals surface area contributed by atoms with Gasteiger partial charge in [0.15, 0.2) is 0 Å². The molecule has 1 aromatic rings. The summed E-state index contributed by atoms with van der Waals surface area (Å²) in [4.78, 5) is 23.9. The smallest absolute Gasteiger partial charge is 0.345 e. The molecule has 1 aromatic heterocycles. The molecule has 0 fully saturated rings. The fourth-order valence-corrected chi connectivity index (χ4v) is 2.66. The molecule has 0 aliphatic heterocycles. The first-order valence-corrected chi connectivity index (χ1v) is 7.49. The van der Waals surface area contributed by atoms with Crippen molar-refractivity contribution >= 4 is 23.2 Å². The summed E-state index contributed by atoms with van der Waals surface area (Å²) in [5.41, 5.74) is 0. The Morgan fingerprint density at radius 1 is 1.37 bits per heavy atom. The van der Waals surface area contributed by atoms with E-state index in [1.165, 1.54) is 11.3 Å². The number of carbonyl (C=O) groups is 2. The topological polar surface area (TPSA) is 66.4 Å². The number of carboxylic acids is 1. The van der Waals surface area contributed by atoms with Gasteiger partial charge in [-0.15, -0.1) is 11.3 Å². The second kappa shape index (κ2) is 7.94. The lowest BCUT2D eigenvalue weighted by molar-refractivity contribution is -0.125. The molecule has 1 unspecified atom stereocenters. The van der Waals surface area contributed by atoms with Crippen molar-refractivity contribution in [3.05, 3.63) is 21.9 Å². The molecule has 0 aliphatic carbocycles. The van der Waals surface area contributed by atoms with E-state index in [1.54, 1.807) is 12.1 Å². The van der Waals surface area contributed by atoms with Crippen LogP contribution in [-0.2, 0) is 11.3 Å². The number of hydrogen-bond acceptors (Lipinski definition) is 3. The van der Waals surface area contributed by atoms with Gasteiger partial charge in [-0.05, 0) is 25.0 Å². The van der Waals surface area contributed by atoms with Crippen molar-refractivity contribution < 1.29 is 14.7 Å². The molecule has 0 bridgehead atoms. The molecule has 2 N–H and O–H groups in total. The highest BCUT2D eigenvalue weighted by Gasteiger charge is 2.15. The van der Waals surface area contributed by atoms with Gasteiger partial charge in [0.05, 0.1) is 6.54 Å². The van der Waals surface area contributed by atoms with E-state index in [0.717, 1.165) is 30.6 Å². The summed E-state index contributed by atoms with van der Waals surface area (Å²) < 4.78 is 0. The average molecular weight is 283 g/mol. The molecule has 1 heterocycles. The van der Waals surface area contributed by atoms with E-state index in [9.17, 15) is 9.59 Å². The number of carboxylic acid groups (broad SMARTS) is 1. The SMILES string of the molecule is CCCCC(CC)C(=O)NCc1ccc(C(=O)O)s1. The third kappa shape index (κ3) is 5.03. The van der Waals surface area contributed by atoms with Crippen LogP contribution in [0.5, 0.6) is 0 Å². The van der Waals surface area contributed by atoms with Crippen molar-refractivity contribution in [3.63, 3.8) is 0 Å². The largest absolute Gasteiger partial charge is 0.477 e. The summed E-state index contributed by atoms with van der Waals surface area (Å²) in [6.45, 7) is 4.55. The summed E-state index contributed by atoms with van der Waals surface area (Å²) in [6, 6.07) is 3.32. The third-order valence-corrected chi connectivity index (χ3v) is 4.15. The highest BCUT2D eigenvalue weighted by atomic mass is 32.1. The third-order valence-electron chi connectivity index (χ3n) is 3.08. The van der Waals surface area contributed by atoms with E-state index in [4.69, 9.17) is 5.11 Å². The molecule has 1 amide bonds. The van der Waals surface area contributed by atoms with E-state index >= 15 is 0 Å². The highest BCUT2D eigenvalue weighted by molar-refractivity contribution is 7.13. The first-order valence-electron chi connectivity index (χ1n) is 6.68. The van der Waals surface area contributed by atoms with Crippen molar-refractivity contribution in [3.8, 4) is 0 Å². The molecular weight excluding hydrogens is 262 g/mol. The molecule has 1 rings (SSSR count). The molecule has 0 radical (unpaired) electrons. The number of aromatic carboxylic acids is 1. The Balaban J connectivity index is 2.45. The van der Waals surface area contributed by atoms with Gasteiger partial charge < -0.3 is 10.4 Å². The summed E-state index contributed by atoms with van der Waals surface area (Å²) in [6.07, 6.45) is 3.92. The van der Waals surface area contributed by atoms with Gasteiger partial charge in [0, 0.05) is 10.8 Å². The number of thiophene rings is 1. The van der Waals surface area contributed by atoms with Gasteiger partial charge in [-0.25, -0.2) is 4.79 Å². The van der Waals surface area contributed by atoms with Crippen LogP contribution in [0.4, 0.5) is 0 Å². The van der Waals surface area contributed by atoms with Crippen LogP contribution in [0, 0.1) is 5.92 Å². The lowest BCUT2D eigenvalue weighted by Gasteiger charge is -2.13. The van der Waals surface area contributed by atoms with Crippen LogP contribution in [0.2, 0.25) is 0 Å². The van der Waals surface area contributed by atoms with Gasteiger partial charge in [-0.3, -0.25) is 4.79 Å². The molecule has 5 heteroatoms. The second-order valence-electron chi connectivity index (χ2n) is 4.54. The Kier molecular flexibility index (Phi) is 6.56. The summed E-state index contributed by atoms with van der Waals surface area (Å²) in [7, 11) is 0. The maximum Gasteiger partial charge on any atom is 0.345 e. The van der Waals surface area contributed by atoms with Gasteiger partial charge >= 0.3 is 5.97 Å². The number of carbonyl (C=O) groups excluding carboxylic acids is 1. The maximum absolute atomic E-state index is 12.0. The lowest BCUT2D eigenvalue weighted by atomic mass is 9.98. The first-order chi connectivity index (χ1) is 9.08. The first kappa shape index (κ1) is 15.7. The molecule has 1 atom stereocenters. The summed E-state index contributed by atoms with van der Waals surface area (Å²) in [5.74, 6) is -0.781. The van der Waals surface area contributed by atoms with Crippen LogP contribution in [0.3, 0.4) is 0 Å². The van der Waals surface area contributed by atoms with Gasteiger partial charge in [0.2, 0.25) is 5.91 Å². The van der Waals surface area contributed by atoms with Gasteiger partial charge in [-0.2, -0.15) is 0 Å². The number of unbranched alkanes of at least 4 members (excludes halogenated alkanes) is 1. The molecule has 0 saturated carbocycles. The maximum atomic E-state index is 12.0. The molecule has 4 nitrogen and oxygen atoms in total. The van der Waals surface area contributed by atoms with E-state index in [0.29, 0.717) is 11.4 Å². The number of nitrogens with one attached hydrogen (secondary N) is 1. The van der Waals surface area contributed by atoms with Gasteiger partial charge in [0.25, 0.3) is 0 Å².